The zero-order valence-corrected chi connectivity index (χ0v) is 14.2. The molecule has 0 amide bonds. The summed E-state index contributed by atoms with van der Waals surface area (Å²) in [6, 6.07) is 9.29. The highest BCUT2D eigenvalue weighted by Crippen LogP contribution is 2.46. The van der Waals surface area contributed by atoms with Crippen LogP contribution < -0.4 is 28.4 Å². The van der Waals surface area contributed by atoms with Gasteiger partial charge in [-0.15, -0.1) is 0 Å². The summed E-state index contributed by atoms with van der Waals surface area (Å²) >= 11 is 0. The van der Waals surface area contributed by atoms with Crippen LogP contribution in [0.2, 0.25) is 0 Å². The first-order chi connectivity index (χ1) is 12.7. The Balaban J connectivity index is 1.81. The van der Waals surface area contributed by atoms with Gasteiger partial charge < -0.3 is 28.4 Å². The fourth-order valence-corrected chi connectivity index (χ4v) is 2.91. The molecule has 132 valence electrons. The Morgan fingerprint density at radius 3 is 2.50 bits per heavy atom. The van der Waals surface area contributed by atoms with E-state index < -0.39 is 0 Å². The van der Waals surface area contributed by atoms with Crippen molar-refractivity contribution in [2.24, 2.45) is 0 Å². The third-order valence-electron chi connectivity index (χ3n) is 4.12. The molecular formula is C19H15NO6. The van der Waals surface area contributed by atoms with Crippen LogP contribution in [0.15, 0.2) is 24.3 Å². The molecule has 7 nitrogen and oxygen atoms in total. The number of methoxy groups -OCH3 is 2. The van der Waals surface area contributed by atoms with Crippen molar-refractivity contribution in [2.75, 3.05) is 27.8 Å². The van der Waals surface area contributed by atoms with Crippen LogP contribution in [0.25, 0.3) is 11.6 Å². The molecule has 0 spiro atoms. The van der Waals surface area contributed by atoms with Gasteiger partial charge in [-0.05, 0) is 35.9 Å². The maximum atomic E-state index is 9.68. The summed E-state index contributed by atoms with van der Waals surface area (Å²) in [4.78, 5) is 0. The molecule has 2 heterocycles. The monoisotopic (exact) mass is 353 g/mol. The van der Waals surface area contributed by atoms with Crippen molar-refractivity contribution in [2.45, 2.75) is 0 Å². The van der Waals surface area contributed by atoms with Crippen LogP contribution in [0.1, 0.15) is 11.1 Å². The zero-order chi connectivity index (χ0) is 18.1. The lowest BCUT2D eigenvalue weighted by molar-refractivity contribution is 0.171. The molecule has 0 bridgehead atoms. The fourth-order valence-electron chi connectivity index (χ4n) is 2.91. The number of nitrogens with zero attached hydrogens (tertiary/aromatic N) is 1. The number of rotatable bonds is 4. The maximum Gasteiger partial charge on any atom is 0.231 e. The highest BCUT2D eigenvalue weighted by atomic mass is 16.7. The minimum atomic E-state index is 0.122. The number of benzene rings is 2. The fraction of sp³-hybridized carbons (Fsp3) is 0.211. The summed E-state index contributed by atoms with van der Waals surface area (Å²) in [6.07, 6.45) is 1.72. The molecule has 0 aliphatic carbocycles. The van der Waals surface area contributed by atoms with Gasteiger partial charge in [-0.3, -0.25) is 0 Å². The lowest BCUT2D eigenvalue weighted by Gasteiger charge is -2.10. The molecule has 7 heteroatoms. The lowest BCUT2D eigenvalue weighted by Crippen LogP contribution is -1.94. The highest BCUT2D eigenvalue weighted by molar-refractivity contribution is 5.92. The number of ether oxygens (including phenoxy) is 6. The normalized spacial score (nSPS) is 14.1. The van der Waals surface area contributed by atoms with E-state index in [1.807, 2.05) is 6.07 Å². The Bertz CT molecular complexity index is 944. The zero-order valence-electron chi connectivity index (χ0n) is 14.2. The topological polar surface area (TPSA) is 79.2 Å². The second-order valence-electron chi connectivity index (χ2n) is 5.50. The van der Waals surface area contributed by atoms with Crippen LogP contribution in [0.3, 0.4) is 0 Å². The molecule has 4 rings (SSSR count). The summed E-state index contributed by atoms with van der Waals surface area (Å²) in [5.74, 6) is 3.24. The van der Waals surface area contributed by atoms with Gasteiger partial charge in [-0.2, -0.15) is 5.26 Å². The quantitative estimate of drug-likeness (QED) is 0.617. The van der Waals surface area contributed by atoms with E-state index in [0.717, 1.165) is 0 Å². The van der Waals surface area contributed by atoms with Gasteiger partial charge in [0.25, 0.3) is 0 Å². The van der Waals surface area contributed by atoms with Gasteiger partial charge in [0.15, 0.2) is 23.0 Å². The van der Waals surface area contributed by atoms with Gasteiger partial charge >= 0.3 is 0 Å². The molecule has 2 aliphatic heterocycles. The van der Waals surface area contributed by atoms with Crippen molar-refractivity contribution >= 4 is 11.6 Å². The van der Waals surface area contributed by atoms with E-state index in [9.17, 15) is 5.26 Å². The molecule has 0 fully saturated rings. The Kier molecular flexibility index (Phi) is 3.93. The lowest BCUT2D eigenvalue weighted by atomic mass is 10.0. The Morgan fingerprint density at radius 2 is 1.77 bits per heavy atom. The number of fused-ring (bicyclic) bond motifs is 2. The Labute approximate surface area is 149 Å². The first-order valence-corrected chi connectivity index (χ1v) is 7.81. The van der Waals surface area contributed by atoms with Gasteiger partial charge in [0.1, 0.15) is 0 Å². The van der Waals surface area contributed by atoms with Gasteiger partial charge in [-0.1, -0.05) is 0 Å². The molecule has 2 aromatic carbocycles. The molecule has 0 N–H and O–H groups in total. The summed E-state index contributed by atoms with van der Waals surface area (Å²) < 4.78 is 32.5. The Morgan fingerprint density at radius 1 is 1.00 bits per heavy atom. The van der Waals surface area contributed by atoms with Crippen LogP contribution in [0.5, 0.6) is 34.5 Å². The van der Waals surface area contributed by atoms with Crippen LogP contribution >= 0.6 is 0 Å². The number of hydrogen-bond donors (Lipinski definition) is 0. The average Bonchev–Trinajstić information content (AvgIpc) is 3.33. The maximum absolute atomic E-state index is 9.68. The second kappa shape index (κ2) is 6.41. The minimum Gasteiger partial charge on any atom is -0.493 e. The SMILES string of the molecule is COc1cc(/C(C#N)=C/c2ccc3c(c2OC)OCO3)cc2c1OCO2. The van der Waals surface area contributed by atoms with E-state index in [1.165, 1.54) is 7.11 Å². The van der Waals surface area contributed by atoms with Crippen molar-refractivity contribution in [3.63, 3.8) is 0 Å². The first-order valence-electron chi connectivity index (χ1n) is 7.81. The molecule has 2 aromatic rings. The van der Waals surface area contributed by atoms with Crippen LogP contribution in [-0.4, -0.2) is 27.8 Å². The number of allylic oxidation sites excluding steroid dienone is 1. The van der Waals surface area contributed by atoms with Gasteiger partial charge in [0.05, 0.1) is 25.9 Å². The highest BCUT2D eigenvalue weighted by Gasteiger charge is 2.23. The third kappa shape index (κ3) is 2.52. The predicted molar refractivity (Wildman–Crippen MR) is 91.7 cm³/mol. The van der Waals surface area contributed by atoms with E-state index in [-0.39, 0.29) is 13.6 Å². The van der Waals surface area contributed by atoms with E-state index in [0.29, 0.717) is 51.2 Å². The van der Waals surface area contributed by atoms with Crippen LogP contribution in [-0.2, 0) is 0 Å². The average molecular weight is 353 g/mol. The van der Waals surface area contributed by atoms with Gasteiger partial charge in [0.2, 0.25) is 25.1 Å². The smallest absolute Gasteiger partial charge is 0.231 e. The third-order valence-corrected chi connectivity index (χ3v) is 4.12. The number of hydrogen-bond acceptors (Lipinski definition) is 7. The summed E-state index contributed by atoms with van der Waals surface area (Å²) in [5.41, 5.74) is 1.76. The first kappa shape index (κ1) is 16.0. The predicted octanol–water partition coefficient (Wildman–Crippen LogP) is 3.23. The molecule has 26 heavy (non-hydrogen) atoms. The molecular weight excluding hydrogens is 338 g/mol. The summed E-state index contributed by atoms with van der Waals surface area (Å²) in [5, 5.41) is 9.68. The van der Waals surface area contributed by atoms with E-state index in [1.54, 1.807) is 31.4 Å². The van der Waals surface area contributed by atoms with Gasteiger partial charge in [-0.25, -0.2) is 0 Å². The minimum absolute atomic E-state index is 0.122. The van der Waals surface area contributed by atoms with Crippen molar-refractivity contribution in [1.29, 1.82) is 5.26 Å². The summed E-state index contributed by atoms with van der Waals surface area (Å²) in [6.45, 7) is 0.264. The molecule has 0 saturated heterocycles. The molecule has 0 saturated carbocycles. The molecule has 0 atom stereocenters. The van der Waals surface area contributed by atoms with E-state index in [4.69, 9.17) is 28.4 Å². The van der Waals surface area contributed by atoms with Crippen molar-refractivity contribution < 1.29 is 28.4 Å². The largest absolute Gasteiger partial charge is 0.493 e. The van der Waals surface area contributed by atoms with E-state index in [2.05, 4.69) is 6.07 Å². The van der Waals surface area contributed by atoms with Crippen LogP contribution in [0, 0.1) is 11.3 Å². The van der Waals surface area contributed by atoms with Crippen LogP contribution in [0.4, 0.5) is 0 Å². The molecule has 0 unspecified atom stereocenters. The second-order valence-corrected chi connectivity index (χ2v) is 5.50. The van der Waals surface area contributed by atoms with Crippen molar-refractivity contribution in [3.8, 4) is 40.6 Å². The van der Waals surface area contributed by atoms with Crippen molar-refractivity contribution in [1.82, 2.24) is 0 Å². The Hall–Kier alpha value is -3.53. The molecule has 2 aliphatic rings. The summed E-state index contributed by atoms with van der Waals surface area (Å²) in [7, 11) is 3.09. The standard InChI is InChI=1S/C19H15NO6/c1-21-15-6-12(7-16-18(15)25-10-24-16)13(8-20)5-11-3-4-14-19(17(11)22-2)26-9-23-14/h3-7H,9-10H2,1-2H3/b13-5+. The van der Waals surface area contributed by atoms with Crippen molar-refractivity contribution in [3.05, 3.63) is 35.4 Å². The molecule has 0 radical (unpaired) electrons. The molecule has 0 aromatic heterocycles. The van der Waals surface area contributed by atoms with Gasteiger partial charge in [0, 0.05) is 5.56 Å². The van der Waals surface area contributed by atoms with E-state index >= 15 is 0 Å². The number of nitriles is 1.